The fourth-order valence-corrected chi connectivity index (χ4v) is 2.67. The van der Waals surface area contributed by atoms with Gasteiger partial charge in [0.25, 0.3) is 0 Å². The minimum Gasteiger partial charge on any atom is -0.479 e. The molecule has 4 nitrogen and oxygen atoms in total. The number of benzene rings is 1. The van der Waals surface area contributed by atoms with Crippen molar-refractivity contribution in [1.82, 2.24) is 9.78 Å². The summed E-state index contributed by atoms with van der Waals surface area (Å²) in [7, 11) is 0. The van der Waals surface area contributed by atoms with Crippen molar-refractivity contribution in [2.45, 2.75) is 26.2 Å². The van der Waals surface area contributed by atoms with E-state index in [0.717, 1.165) is 22.1 Å². The number of nitrogens with zero attached hydrogens (tertiary/aromatic N) is 2. The summed E-state index contributed by atoms with van der Waals surface area (Å²) in [6, 6.07) is 2.40. The first-order valence-corrected chi connectivity index (χ1v) is 7.60. The highest BCUT2D eigenvalue weighted by Gasteiger charge is 2.22. The molecule has 0 N–H and O–H groups in total. The molecule has 0 amide bonds. The third-order valence-corrected chi connectivity index (χ3v) is 4.26. The lowest BCUT2D eigenvalue weighted by atomic mass is 9.98. The summed E-state index contributed by atoms with van der Waals surface area (Å²) in [6.07, 6.45) is 5.12. The summed E-state index contributed by atoms with van der Waals surface area (Å²) in [5.74, 6) is 1.84. The highest BCUT2D eigenvalue weighted by molar-refractivity contribution is 7.09. The van der Waals surface area contributed by atoms with Crippen LogP contribution in [-0.2, 0) is 5.41 Å². The van der Waals surface area contributed by atoms with E-state index in [1.54, 1.807) is 0 Å². The van der Waals surface area contributed by atoms with E-state index in [1.807, 2.05) is 20.8 Å². The van der Waals surface area contributed by atoms with Gasteiger partial charge in [-0.05, 0) is 6.07 Å². The quantitative estimate of drug-likeness (QED) is 0.804. The van der Waals surface area contributed by atoms with Crippen LogP contribution in [0.15, 0.2) is 16.9 Å². The zero-order valence-corrected chi connectivity index (χ0v) is 13.9. The number of terminal acetylenes is 1. The maximum absolute atomic E-state index is 14.1. The van der Waals surface area contributed by atoms with Gasteiger partial charge in [-0.2, -0.15) is 9.78 Å². The molecule has 0 atom stereocenters. The van der Waals surface area contributed by atoms with Crippen LogP contribution >= 0.6 is 22.9 Å². The van der Waals surface area contributed by atoms with Gasteiger partial charge in [-0.1, -0.05) is 49.6 Å². The smallest absolute Gasteiger partial charge is 0.329 e. The lowest BCUT2D eigenvalue weighted by Gasteiger charge is -2.13. The van der Waals surface area contributed by atoms with Gasteiger partial charge in [0.05, 0.1) is 5.02 Å². The molecule has 0 spiro atoms. The second-order valence-electron chi connectivity index (χ2n) is 5.56. The molecule has 0 saturated carbocycles. The summed E-state index contributed by atoms with van der Waals surface area (Å²) in [6.45, 7) is 5.77. The van der Waals surface area contributed by atoms with Crippen LogP contribution in [0, 0.1) is 18.2 Å². The maximum Gasteiger partial charge on any atom is 0.329 e. The van der Waals surface area contributed by atoms with Gasteiger partial charge in [0.2, 0.25) is 0 Å². The van der Waals surface area contributed by atoms with Gasteiger partial charge in [0, 0.05) is 11.5 Å². The molecule has 1 aromatic carbocycles. The number of hydrogen-bond donors (Lipinski definition) is 0. The largest absolute Gasteiger partial charge is 0.479 e. The minimum atomic E-state index is -0.661. The van der Waals surface area contributed by atoms with E-state index in [4.69, 9.17) is 22.8 Å². The maximum atomic E-state index is 14.1. The van der Waals surface area contributed by atoms with E-state index in [2.05, 4.69) is 11.0 Å². The van der Waals surface area contributed by atoms with Gasteiger partial charge in [0.1, 0.15) is 23.1 Å². The second kappa shape index (κ2) is 6.11. The van der Waals surface area contributed by atoms with Gasteiger partial charge in [-0.25, -0.2) is 4.39 Å². The van der Waals surface area contributed by atoms with E-state index in [0.29, 0.717) is 5.01 Å². The Morgan fingerprint density at radius 3 is 2.73 bits per heavy atom. The Bertz CT molecular complexity index is 799. The molecule has 0 aliphatic heterocycles. The third-order valence-electron chi connectivity index (χ3n) is 2.73. The summed E-state index contributed by atoms with van der Waals surface area (Å²) in [4.78, 5) is 11.7. The molecule has 0 unspecified atom stereocenters. The first kappa shape index (κ1) is 16.5. The number of aromatic nitrogens is 2. The molecule has 2 rings (SSSR count). The fourth-order valence-electron chi connectivity index (χ4n) is 1.64. The molecule has 116 valence electrons. The highest BCUT2D eigenvalue weighted by atomic mass is 35.5. The molecule has 0 bridgehead atoms. The number of halogens is 2. The van der Waals surface area contributed by atoms with E-state index in [1.165, 1.54) is 6.07 Å². The SMILES string of the molecule is C#CCOc1cc(-n2nc(C(C)(C)C)sc2=O)c(F)cc1Cl. The van der Waals surface area contributed by atoms with Crippen molar-refractivity contribution < 1.29 is 9.13 Å². The van der Waals surface area contributed by atoms with Crippen LogP contribution < -0.4 is 9.61 Å². The summed E-state index contributed by atoms with van der Waals surface area (Å²) in [5.41, 5.74) is -0.325. The molecule has 0 radical (unpaired) electrons. The van der Waals surface area contributed by atoms with Crippen LogP contribution in [0.1, 0.15) is 25.8 Å². The molecule has 0 aliphatic rings. The van der Waals surface area contributed by atoms with Crippen molar-refractivity contribution in [2.75, 3.05) is 6.61 Å². The van der Waals surface area contributed by atoms with E-state index in [-0.39, 0.29) is 33.4 Å². The van der Waals surface area contributed by atoms with E-state index < -0.39 is 5.82 Å². The summed E-state index contributed by atoms with van der Waals surface area (Å²) in [5, 5.41) is 4.90. The van der Waals surface area contributed by atoms with Crippen LogP contribution in [0.3, 0.4) is 0 Å². The monoisotopic (exact) mass is 340 g/mol. The van der Waals surface area contributed by atoms with Crippen molar-refractivity contribution in [2.24, 2.45) is 0 Å². The predicted octanol–water partition coefficient (Wildman–Crippen LogP) is 3.40. The van der Waals surface area contributed by atoms with Gasteiger partial charge in [-0.15, -0.1) is 6.42 Å². The Labute approximate surface area is 136 Å². The average molecular weight is 341 g/mol. The molecule has 1 heterocycles. The molecule has 7 heteroatoms. The van der Waals surface area contributed by atoms with Crippen molar-refractivity contribution >= 4 is 22.9 Å². The Morgan fingerprint density at radius 2 is 2.18 bits per heavy atom. The first-order valence-electron chi connectivity index (χ1n) is 6.40. The number of hydrogen-bond acceptors (Lipinski definition) is 4. The van der Waals surface area contributed by atoms with Crippen LogP contribution in [-0.4, -0.2) is 16.4 Å². The molecular weight excluding hydrogens is 327 g/mol. The second-order valence-corrected chi connectivity index (χ2v) is 6.91. The Kier molecular flexibility index (Phi) is 4.59. The summed E-state index contributed by atoms with van der Waals surface area (Å²) < 4.78 is 20.4. The molecule has 0 aliphatic carbocycles. The van der Waals surface area contributed by atoms with Crippen LogP contribution in [0.5, 0.6) is 5.75 Å². The molecule has 0 fully saturated rings. The summed E-state index contributed by atoms with van der Waals surface area (Å²) >= 11 is 6.88. The lowest BCUT2D eigenvalue weighted by Crippen LogP contribution is -2.15. The third kappa shape index (κ3) is 3.32. The molecule has 22 heavy (non-hydrogen) atoms. The van der Waals surface area contributed by atoms with Crippen LogP contribution in [0.2, 0.25) is 5.02 Å². The number of rotatable bonds is 3. The van der Waals surface area contributed by atoms with Gasteiger partial charge in [-0.3, -0.25) is 4.79 Å². The van der Waals surface area contributed by atoms with Gasteiger partial charge >= 0.3 is 4.87 Å². The van der Waals surface area contributed by atoms with Crippen LogP contribution in [0.25, 0.3) is 5.69 Å². The normalized spacial score (nSPS) is 11.3. The lowest BCUT2D eigenvalue weighted by molar-refractivity contribution is 0.369. The Hall–Kier alpha value is -1.84. The molecule has 0 saturated heterocycles. The predicted molar refractivity (Wildman–Crippen MR) is 85.7 cm³/mol. The van der Waals surface area contributed by atoms with E-state index >= 15 is 0 Å². The fraction of sp³-hybridized carbons (Fsp3) is 0.333. The van der Waals surface area contributed by atoms with Crippen molar-refractivity contribution in [1.29, 1.82) is 0 Å². The standard InChI is InChI=1S/C15H14ClFN2O2S/c1-5-6-21-12-8-11(10(17)7-9(12)16)19-14(20)22-13(18-19)15(2,3)4/h1,7-8H,6H2,2-4H3. The van der Waals surface area contributed by atoms with Crippen LogP contribution in [0.4, 0.5) is 4.39 Å². The van der Waals surface area contributed by atoms with Crippen molar-refractivity contribution in [3.63, 3.8) is 0 Å². The van der Waals surface area contributed by atoms with Gasteiger partial charge < -0.3 is 4.74 Å². The molecule has 1 aromatic heterocycles. The first-order chi connectivity index (χ1) is 10.2. The number of ether oxygens (including phenoxy) is 1. The topological polar surface area (TPSA) is 44.1 Å². The Morgan fingerprint density at radius 1 is 1.50 bits per heavy atom. The molecular formula is C15H14ClFN2O2S. The average Bonchev–Trinajstić information content (AvgIpc) is 2.80. The zero-order valence-electron chi connectivity index (χ0n) is 12.3. The molecule has 2 aromatic rings. The Balaban J connectivity index is 2.56. The van der Waals surface area contributed by atoms with Crippen molar-refractivity contribution in [3.8, 4) is 23.8 Å². The van der Waals surface area contributed by atoms with Gasteiger partial charge in [0.15, 0.2) is 5.82 Å². The highest BCUT2D eigenvalue weighted by Crippen LogP contribution is 2.30. The minimum absolute atomic E-state index is 0.00992. The zero-order chi connectivity index (χ0) is 16.5. The van der Waals surface area contributed by atoms with Crippen molar-refractivity contribution in [3.05, 3.63) is 37.6 Å². The van der Waals surface area contributed by atoms with E-state index in [9.17, 15) is 9.18 Å².